The lowest BCUT2D eigenvalue weighted by atomic mass is 10.1. The predicted octanol–water partition coefficient (Wildman–Crippen LogP) is 3.33. The summed E-state index contributed by atoms with van der Waals surface area (Å²) in [6, 6.07) is 3.82. The van der Waals surface area contributed by atoms with Crippen LogP contribution in [0.1, 0.15) is 25.8 Å². The van der Waals surface area contributed by atoms with E-state index < -0.39 is 0 Å². The average Bonchev–Trinajstić information content (AvgIpc) is 2.83. The summed E-state index contributed by atoms with van der Waals surface area (Å²) in [4.78, 5) is 4.56. The molecule has 0 saturated heterocycles. The predicted molar refractivity (Wildman–Crippen MR) is 71.3 cm³/mol. The lowest BCUT2D eigenvalue weighted by Gasteiger charge is -2.19. The summed E-state index contributed by atoms with van der Waals surface area (Å²) in [6.07, 6.45) is 2.64. The third-order valence-corrected chi connectivity index (χ3v) is 3.23. The van der Waals surface area contributed by atoms with Crippen LogP contribution in [0.15, 0.2) is 28.2 Å². The Hall–Kier alpha value is -1.13. The fourth-order valence-electron chi connectivity index (χ4n) is 1.51. The van der Waals surface area contributed by atoms with Gasteiger partial charge in [0.25, 0.3) is 0 Å². The van der Waals surface area contributed by atoms with Crippen LogP contribution in [-0.2, 0) is 6.42 Å². The van der Waals surface area contributed by atoms with Gasteiger partial charge in [-0.05, 0) is 32.9 Å². The van der Waals surface area contributed by atoms with Crippen LogP contribution >= 0.6 is 11.3 Å². The maximum atomic E-state index is 5.32. The van der Waals surface area contributed by atoms with E-state index in [9.17, 15) is 0 Å². The first-order valence-corrected chi connectivity index (χ1v) is 6.66. The molecule has 0 saturated carbocycles. The summed E-state index contributed by atoms with van der Waals surface area (Å²) in [5, 5.41) is 6.65. The lowest BCUT2D eigenvalue weighted by Crippen LogP contribution is -2.37. The average molecular weight is 250 g/mol. The molecule has 0 amide bonds. The van der Waals surface area contributed by atoms with Crippen molar-refractivity contribution in [3.05, 3.63) is 28.8 Å². The summed E-state index contributed by atoms with van der Waals surface area (Å²) in [5.41, 5.74) is 1.10. The van der Waals surface area contributed by atoms with Crippen LogP contribution < -0.4 is 5.32 Å². The molecule has 0 aliphatic carbocycles. The molecule has 92 valence electrons. The summed E-state index contributed by atoms with van der Waals surface area (Å²) in [6.45, 7) is 7.46. The van der Waals surface area contributed by atoms with Gasteiger partial charge in [-0.3, -0.25) is 0 Å². The molecule has 0 atom stereocenters. The molecule has 0 fully saturated rings. The van der Waals surface area contributed by atoms with Crippen LogP contribution in [0.4, 0.5) is 0 Å². The zero-order chi connectivity index (χ0) is 12.3. The standard InChI is InChI=1S/C13H18N2OS/c1-13(2,3)14-7-6-12-15-10(9-17-12)11-5-4-8-16-11/h4-5,8-9,14H,6-7H2,1-3H3. The van der Waals surface area contributed by atoms with Crippen molar-refractivity contribution >= 4 is 11.3 Å². The minimum absolute atomic E-state index is 0.168. The number of hydrogen-bond acceptors (Lipinski definition) is 4. The van der Waals surface area contributed by atoms with E-state index in [0.29, 0.717) is 0 Å². The third-order valence-electron chi connectivity index (χ3n) is 2.32. The first-order chi connectivity index (χ1) is 8.04. The molecule has 0 aliphatic heterocycles. The topological polar surface area (TPSA) is 38.1 Å². The van der Waals surface area contributed by atoms with Crippen LogP contribution in [0, 0.1) is 0 Å². The van der Waals surface area contributed by atoms with Gasteiger partial charge in [0.1, 0.15) is 5.69 Å². The minimum atomic E-state index is 0.168. The van der Waals surface area contributed by atoms with E-state index in [1.165, 1.54) is 0 Å². The van der Waals surface area contributed by atoms with Crippen LogP contribution in [0.5, 0.6) is 0 Å². The minimum Gasteiger partial charge on any atom is -0.463 e. The van der Waals surface area contributed by atoms with Gasteiger partial charge in [0.2, 0.25) is 0 Å². The molecule has 0 aliphatic rings. The van der Waals surface area contributed by atoms with E-state index in [0.717, 1.165) is 29.4 Å². The fourth-order valence-corrected chi connectivity index (χ4v) is 2.30. The van der Waals surface area contributed by atoms with Crippen LogP contribution in [0.3, 0.4) is 0 Å². The highest BCUT2D eigenvalue weighted by molar-refractivity contribution is 7.09. The Kier molecular flexibility index (Phi) is 3.64. The van der Waals surface area contributed by atoms with E-state index in [4.69, 9.17) is 4.42 Å². The normalized spacial score (nSPS) is 11.9. The van der Waals surface area contributed by atoms with Crippen molar-refractivity contribution in [3.63, 3.8) is 0 Å². The Bertz CT molecular complexity index is 454. The Labute approximate surface area is 106 Å². The second-order valence-electron chi connectivity index (χ2n) is 5.03. The molecule has 0 radical (unpaired) electrons. The van der Waals surface area contributed by atoms with Gasteiger partial charge in [-0.25, -0.2) is 4.98 Å². The van der Waals surface area contributed by atoms with Crippen molar-refractivity contribution < 1.29 is 4.42 Å². The van der Waals surface area contributed by atoms with Crippen LogP contribution in [-0.4, -0.2) is 17.1 Å². The second-order valence-corrected chi connectivity index (χ2v) is 5.97. The van der Waals surface area contributed by atoms with Crippen molar-refractivity contribution in [3.8, 4) is 11.5 Å². The first-order valence-electron chi connectivity index (χ1n) is 5.78. The smallest absolute Gasteiger partial charge is 0.153 e. The van der Waals surface area contributed by atoms with Gasteiger partial charge >= 0.3 is 0 Å². The molecule has 2 rings (SSSR count). The Morgan fingerprint density at radius 3 is 2.88 bits per heavy atom. The molecule has 2 aromatic heterocycles. The number of rotatable bonds is 4. The lowest BCUT2D eigenvalue weighted by molar-refractivity contribution is 0.429. The Balaban J connectivity index is 1.91. The van der Waals surface area contributed by atoms with Gasteiger partial charge in [-0.15, -0.1) is 11.3 Å². The molecule has 4 heteroatoms. The summed E-state index contributed by atoms with van der Waals surface area (Å²) < 4.78 is 5.32. The molecule has 0 spiro atoms. The monoisotopic (exact) mass is 250 g/mol. The van der Waals surface area contributed by atoms with Crippen molar-refractivity contribution in [1.82, 2.24) is 10.3 Å². The first kappa shape index (κ1) is 12.3. The summed E-state index contributed by atoms with van der Waals surface area (Å²) in [7, 11) is 0. The number of aromatic nitrogens is 1. The molecule has 2 heterocycles. The largest absolute Gasteiger partial charge is 0.463 e. The molecule has 0 aromatic carbocycles. The van der Waals surface area contributed by atoms with Crippen molar-refractivity contribution in [2.24, 2.45) is 0 Å². The van der Waals surface area contributed by atoms with Crippen LogP contribution in [0.2, 0.25) is 0 Å². The number of nitrogens with one attached hydrogen (secondary N) is 1. The second kappa shape index (κ2) is 5.02. The van der Waals surface area contributed by atoms with E-state index in [1.807, 2.05) is 17.5 Å². The van der Waals surface area contributed by atoms with Gasteiger partial charge < -0.3 is 9.73 Å². The van der Waals surface area contributed by atoms with Crippen molar-refractivity contribution in [2.45, 2.75) is 32.7 Å². The summed E-state index contributed by atoms with van der Waals surface area (Å²) >= 11 is 1.69. The molecule has 0 bridgehead atoms. The molecule has 2 aromatic rings. The molecular weight excluding hydrogens is 232 g/mol. The van der Waals surface area contributed by atoms with Gasteiger partial charge in [0, 0.05) is 23.9 Å². The van der Waals surface area contributed by atoms with Crippen LogP contribution in [0.25, 0.3) is 11.5 Å². The maximum Gasteiger partial charge on any atom is 0.153 e. The highest BCUT2D eigenvalue weighted by Crippen LogP contribution is 2.22. The molecule has 1 N–H and O–H groups in total. The number of furan rings is 1. The van der Waals surface area contributed by atoms with Gasteiger partial charge in [0.15, 0.2) is 5.76 Å². The zero-order valence-corrected chi connectivity index (χ0v) is 11.3. The van der Waals surface area contributed by atoms with E-state index in [2.05, 4.69) is 31.1 Å². The zero-order valence-electron chi connectivity index (χ0n) is 10.5. The molecular formula is C13H18N2OS. The quantitative estimate of drug-likeness (QED) is 0.904. The fraction of sp³-hybridized carbons (Fsp3) is 0.462. The van der Waals surface area contributed by atoms with E-state index >= 15 is 0 Å². The Morgan fingerprint density at radius 2 is 2.24 bits per heavy atom. The highest BCUT2D eigenvalue weighted by atomic mass is 32.1. The highest BCUT2D eigenvalue weighted by Gasteiger charge is 2.10. The number of hydrogen-bond donors (Lipinski definition) is 1. The van der Waals surface area contributed by atoms with Gasteiger partial charge in [-0.1, -0.05) is 0 Å². The number of nitrogens with zero attached hydrogens (tertiary/aromatic N) is 1. The SMILES string of the molecule is CC(C)(C)NCCc1nc(-c2ccco2)cs1. The third kappa shape index (κ3) is 3.68. The molecule has 0 unspecified atom stereocenters. The summed E-state index contributed by atoms with van der Waals surface area (Å²) in [5.74, 6) is 0.844. The molecule has 17 heavy (non-hydrogen) atoms. The van der Waals surface area contributed by atoms with Crippen molar-refractivity contribution in [2.75, 3.05) is 6.54 Å². The van der Waals surface area contributed by atoms with E-state index in [-0.39, 0.29) is 5.54 Å². The van der Waals surface area contributed by atoms with Gasteiger partial charge in [-0.2, -0.15) is 0 Å². The van der Waals surface area contributed by atoms with Crippen molar-refractivity contribution in [1.29, 1.82) is 0 Å². The van der Waals surface area contributed by atoms with Gasteiger partial charge in [0.05, 0.1) is 11.3 Å². The Morgan fingerprint density at radius 1 is 1.41 bits per heavy atom. The molecule has 3 nitrogen and oxygen atoms in total. The number of thiazole rings is 1. The maximum absolute atomic E-state index is 5.32. The van der Waals surface area contributed by atoms with E-state index in [1.54, 1.807) is 17.6 Å².